The number of aryl methyl sites for hydroxylation is 2. The maximum absolute atomic E-state index is 13.2. The Hall–Kier alpha value is -3.86. The van der Waals surface area contributed by atoms with Crippen molar-refractivity contribution < 1.29 is 0 Å². The van der Waals surface area contributed by atoms with Crippen LogP contribution in [-0.4, -0.2) is 0 Å². The molecule has 0 bridgehead atoms. The van der Waals surface area contributed by atoms with Gasteiger partial charge in [0.15, 0.2) is 5.43 Å². The lowest BCUT2D eigenvalue weighted by molar-refractivity contribution is 1.12. The molecule has 37 heavy (non-hydrogen) atoms. The Balaban J connectivity index is 1.35. The highest BCUT2D eigenvalue weighted by atomic mass is 32.2. The molecule has 1 aliphatic rings. The molecule has 1 aromatic heterocycles. The first-order chi connectivity index (χ1) is 18.1. The van der Waals surface area contributed by atoms with Gasteiger partial charge in [-0.1, -0.05) is 66.4 Å². The lowest BCUT2D eigenvalue weighted by Gasteiger charge is -2.35. The van der Waals surface area contributed by atoms with Crippen molar-refractivity contribution in [1.29, 1.82) is 0 Å². The molecule has 0 fully saturated rings. The molecule has 6 aromatic rings. The number of nitrogens with zero attached hydrogens (tertiary/aromatic N) is 1. The second kappa shape index (κ2) is 8.62. The van der Waals surface area contributed by atoms with E-state index in [4.69, 9.17) is 0 Å². The number of benzene rings is 5. The normalized spacial score (nSPS) is 12.5. The second-order valence-corrected chi connectivity index (χ2v) is 11.6. The fourth-order valence-electron chi connectivity index (χ4n) is 5.28. The highest BCUT2D eigenvalue weighted by Crippen LogP contribution is 2.53. The van der Waals surface area contributed by atoms with Crippen LogP contribution in [0.1, 0.15) is 11.1 Å². The summed E-state index contributed by atoms with van der Waals surface area (Å²) in [6, 6.07) is 35.9. The van der Waals surface area contributed by atoms with Gasteiger partial charge in [0.05, 0.1) is 11.4 Å². The molecule has 2 heterocycles. The molecule has 0 amide bonds. The van der Waals surface area contributed by atoms with E-state index in [2.05, 4.69) is 91.5 Å². The van der Waals surface area contributed by atoms with Gasteiger partial charge in [-0.05, 0) is 84.6 Å². The molecule has 1 aliphatic heterocycles. The van der Waals surface area contributed by atoms with E-state index in [1.54, 1.807) is 11.3 Å². The van der Waals surface area contributed by atoms with Crippen molar-refractivity contribution in [3.05, 3.63) is 124 Å². The quantitative estimate of drug-likeness (QED) is 0.215. The molecule has 0 radical (unpaired) electrons. The van der Waals surface area contributed by atoms with E-state index >= 15 is 0 Å². The van der Waals surface area contributed by atoms with Crippen LogP contribution in [-0.2, 0) is 0 Å². The molecule has 0 atom stereocenters. The molecule has 7 rings (SSSR count). The van der Waals surface area contributed by atoms with Crippen molar-refractivity contribution in [3.63, 3.8) is 0 Å². The van der Waals surface area contributed by atoms with Crippen molar-refractivity contribution in [1.82, 2.24) is 0 Å². The zero-order valence-corrected chi connectivity index (χ0v) is 22.1. The second-order valence-electron chi connectivity index (χ2n) is 9.47. The van der Waals surface area contributed by atoms with Crippen LogP contribution < -0.4 is 10.3 Å². The summed E-state index contributed by atoms with van der Waals surface area (Å²) in [5.74, 6) is 0. The van der Waals surface area contributed by atoms with E-state index in [0.29, 0.717) is 0 Å². The van der Waals surface area contributed by atoms with E-state index in [1.165, 1.54) is 32.3 Å². The Morgan fingerprint density at radius 1 is 0.595 bits per heavy atom. The van der Waals surface area contributed by atoms with Gasteiger partial charge in [0.25, 0.3) is 0 Å². The van der Waals surface area contributed by atoms with E-state index < -0.39 is 0 Å². The molecule has 2 nitrogen and oxygen atoms in total. The lowest BCUT2D eigenvalue weighted by Crippen LogP contribution is -2.17. The molecule has 0 spiro atoms. The Morgan fingerprint density at radius 3 is 1.92 bits per heavy atom. The predicted octanol–water partition coefficient (Wildman–Crippen LogP) is 9.63. The van der Waals surface area contributed by atoms with Crippen LogP contribution >= 0.6 is 23.1 Å². The molecule has 178 valence electrons. The van der Waals surface area contributed by atoms with Crippen LogP contribution in [0.5, 0.6) is 0 Å². The Kier molecular flexibility index (Phi) is 5.20. The van der Waals surface area contributed by atoms with Gasteiger partial charge in [0.1, 0.15) is 0 Å². The van der Waals surface area contributed by atoms with E-state index in [-0.39, 0.29) is 5.43 Å². The number of anilines is 3. The largest absolute Gasteiger partial charge is 0.308 e. The van der Waals surface area contributed by atoms with Crippen LogP contribution in [0, 0.1) is 13.8 Å². The number of rotatable bonds is 2. The lowest BCUT2D eigenvalue weighted by atomic mass is 10.0. The summed E-state index contributed by atoms with van der Waals surface area (Å²) in [5, 5.41) is 1.57. The molecular weight excluding hydrogens is 491 g/mol. The molecule has 0 N–H and O–H groups in total. The first kappa shape index (κ1) is 22.3. The van der Waals surface area contributed by atoms with Gasteiger partial charge in [0, 0.05) is 35.7 Å². The van der Waals surface area contributed by atoms with Crippen molar-refractivity contribution in [2.45, 2.75) is 23.6 Å². The molecule has 0 saturated heterocycles. The fraction of sp³-hybridized carbons (Fsp3) is 0.0606. The molecule has 0 unspecified atom stereocenters. The molecule has 4 heteroatoms. The summed E-state index contributed by atoms with van der Waals surface area (Å²) in [4.78, 5) is 18.2. The monoisotopic (exact) mass is 513 g/mol. The molecule has 5 aromatic carbocycles. The predicted molar refractivity (Wildman–Crippen MR) is 159 cm³/mol. The van der Waals surface area contributed by atoms with Crippen molar-refractivity contribution in [2.75, 3.05) is 4.90 Å². The first-order valence-electron chi connectivity index (χ1n) is 12.3. The molecular formula is C33H23NOS2. The average Bonchev–Trinajstić information content (AvgIpc) is 2.92. The summed E-state index contributed by atoms with van der Waals surface area (Å²) < 4.78 is 2.05. The van der Waals surface area contributed by atoms with Gasteiger partial charge in [-0.25, -0.2) is 0 Å². The van der Waals surface area contributed by atoms with Crippen LogP contribution in [0.4, 0.5) is 17.1 Å². The fourth-order valence-corrected chi connectivity index (χ4v) is 7.56. The Morgan fingerprint density at radius 2 is 1.22 bits per heavy atom. The van der Waals surface area contributed by atoms with Gasteiger partial charge in [-0.3, -0.25) is 4.79 Å². The number of hydrogen-bond donors (Lipinski definition) is 0. The summed E-state index contributed by atoms with van der Waals surface area (Å²) in [5.41, 5.74) is 8.41. The van der Waals surface area contributed by atoms with Crippen LogP contribution in [0.25, 0.3) is 31.3 Å². The van der Waals surface area contributed by atoms with Crippen molar-refractivity contribution in [2.24, 2.45) is 0 Å². The average molecular weight is 514 g/mol. The number of fused-ring (bicyclic) bond motifs is 4. The Labute approximate surface area is 223 Å². The van der Waals surface area contributed by atoms with Crippen LogP contribution in [0.3, 0.4) is 0 Å². The number of hydrogen-bond acceptors (Lipinski definition) is 4. The van der Waals surface area contributed by atoms with Gasteiger partial charge in [-0.15, -0.1) is 11.3 Å². The van der Waals surface area contributed by atoms with E-state index in [9.17, 15) is 4.79 Å². The summed E-state index contributed by atoms with van der Waals surface area (Å²) in [7, 11) is 0. The minimum Gasteiger partial charge on any atom is -0.308 e. The maximum atomic E-state index is 13.2. The van der Waals surface area contributed by atoms with Gasteiger partial charge in [-0.2, -0.15) is 0 Å². The smallest absolute Gasteiger partial charge is 0.195 e. The minimum absolute atomic E-state index is 0.104. The maximum Gasteiger partial charge on any atom is 0.195 e. The SMILES string of the molecule is Cc1cccc2c1N(c1ccc(-c3ccc4sc5ccccc5c(=O)c4c3)cc1)c1c(C)cccc1S2. The zero-order valence-electron chi connectivity index (χ0n) is 20.5. The topological polar surface area (TPSA) is 20.3 Å². The van der Waals surface area contributed by atoms with Gasteiger partial charge in [0.2, 0.25) is 0 Å². The van der Waals surface area contributed by atoms with Crippen LogP contribution in [0.15, 0.2) is 118 Å². The van der Waals surface area contributed by atoms with E-state index in [1.807, 2.05) is 42.1 Å². The highest BCUT2D eigenvalue weighted by molar-refractivity contribution is 7.99. The first-order valence-corrected chi connectivity index (χ1v) is 13.9. The highest BCUT2D eigenvalue weighted by Gasteiger charge is 2.27. The summed E-state index contributed by atoms with van der Waals surface area (Å²) in [6.07, 6.45) is 0. The summed E-state index contributed by atoms with van der Waals surface area (Å²) >= 11 is 3.51. The summed E-state index contributed by atoms with van der Waals surface area (Å²) in [6.45, 7) is 4.37. The minimum atomic E-state index is 0.104. The third kappa shape index (κ3) is 3.59. The number of para-hydroxylation sites is 2. The third-order valence-electron chi connectivity index (χ3n) is 7.10. The van der Waals surface area contributed by atoms with E-state index in [0.717, 1.165) is 37.0 Å². The molecule has 0 aliphatic carbocycles. The third-order valence-corrected chi connectivity index (χ3v) is 9.35. The standard InChI is InChI=1S/C33H23NOS2/c1-20-7-5-11-29-31(20)34(32-21(2)8-6-12-30(32)37-29)24-16-13-22(14-17-24)23-15-18-28-26(19-23)33(35)25-9-3-4-10-27(25)36-28/h3-19H,1-2H3. The molecule has 0 saturated carbocycles. The van der Waals surface area contributed by atoms with Gasteiger partial charge < -0.3 is 4.90 Å². The van der Waals surface area contributed by atoms with Crippen molar-refractivity contribution in [3.8, 4) is 11.1 Å². The zero-order chi connectivity index (χ0) is 25.1. The van der Waals surface area contributed by atoms with Gasteiger partial charge >= 0.3 is 0 Å². The Bertz CT molecular complexity index is 1850. The van der Waals surface area contributed by atoms with Crippen molar-refractivity contribution >= 4 is 60.3 Å². The van der Waals surface area contributed by atoms with Crippen LogP contribution in [0.2, 0.25) is 0 Å².